The van der Waals surface area contributed by atoms with Crippen LogP contribution in [0.2, 0.25) is 0 Å². The molecule has 1 aromatic heterocycles. The minimum Gasteiger partial charge on any atom is -0.343 e. The summed E-state index contributed by atoms with van der Waals surface area (Å²) in [6.07, 6.45) is 1.31. The molecule has 8 heteroatoms. The Bertz CT molecular complexity index is 779. The molecule has 1 aromatic carbocycles. The molecule has 2 aromatic rings. The Morgan fingerprint density at radius 1 is 1.04 bits per heavy atom. The second-order valence-electron chi connectivity index (χ2n) is 6.49. The molecule has 2 saturated heterocycles. The standard InChI is InChI=1S/C16H20N4O3S/c21-24(22)10-14-15(11-24)20(9-16-17-12-23-18-16)7-6-19(14)8-13-4-2-1-3-5-13/h1-5,12,14-15H,6-11H2/t14-,15+/m1/s1. The molecule has 4 rings (SSSR count). The molecule has 128 valence electrons. The molecular formula is C16H20N4O3S. The number of hydrogen-bond acceptors (Lipinski definition) is 7. The van der Waals surface area contributed by atoms with E-state index < -0.39 is 9.84 Å². The van der Waals surface area contributed by atoms with Gasteiger partial charge in [0.05, 0.1) is 18.1 Å². The van der Waals surface area contributed by atoms with Gasteiger partial charge in [-0.05, 0) is 5.56 Å². The van der Waals surface area contributed by atoms with E-state index in [4.69, 9.17) is 4.52 Å². The van der Waals surface area contributed by atoms with Crippen LogP contribution >= 0.6 is 0 Å². The highest BCUT2D eigenvalue weighted by Gasteiger charge is 2.46. The first-order valence-electron chi connectivity index (χ1n) is 8.08. The minimum absolute atomic E-state index is 0.00837. The monoisotopic (exact) mass is 348 g/mol. The lowest BCUT2D eigenvalue weighted by Crippen LogP contribution is -2.58. The van der Waals surface area contributed by atoms with E-state index in [1.807, 2.05) is 18.2 Å². The van der Waals surface area contributed by atoms with E-state index in [1.54, 1.807) is 0 Å². The van der Waals surface area contributed by atoms with Crippen molar-refractivity contribution in [2.45, 2.75) is 25.2 Å². The van der Waals surface area contributed by atoms with E-state index in [-0.39, 0.29) is 23.6 Å². The zero-order chi connectivity index (χ0) is 16.6. The Morgan fingerprint density at radius 2 is 1.71 bits per heavy atom. The number of sulfone groups is 1. The lowest BCUT2D eigenvalue weighted by molar-refractivity contribution is 0.0336. The summed E-state index contributed by atoms with van der Waals surface area (Å²) in [5, 5.41) is 3.86. The Kier molecular flexibility index (Phi) is 4.11. The molecule has 2 fully saturated rings. The molecular weight excluding hydrogens is 328 g/mol. The van der Waals surface area contributed by atoms with Crippen LogP contribution in [0, 0.1) is 0 Å². The lowest BCUT2D eigenvalue weighted by Gasteiger charge is -2.43. The van der Waals surface area contributed by atoms with Gasteiger partial charge in [0, 0.05) is 31.7 Å². The van der Waals surface area contributed by atoms with Crippen LogP contribution in [0.1, 0.15) is 11.4 Å². The minimum atomic E-state index is -3.01. The number of benzene rings is 1. The zero-order valence-electron chi connectivity index (χ0n) is 13.3. The summed E-state index contributed by atoms with van der Waals surface area (Å²) in [6, 6.07) is 10.2. The quantitative estimate of drug-likeness (QED) is 0.798. The van der Waals surface area contributed by atoms with E-state index >= 15 is 0 Å². The molecule has 0 bridgehead atoms. The molecule has 0 spiro atoms. The van der Waals surface area contributed by atoms with Crippen molar-refractivity contribution in [3.8, 4) is 0 Å². The van der Waals surface area contributed by atoms with E-state index in [0.717, 1.165) is 19.6 Å². The predicted molar refractivity (Wildman–Crippen MR) is 87.8 cm³/mol. The molecule has 0 unspecified atom stereocenters. The fourth-order valence-corrected chi connectivity index (χ4v) is 5.79. The number of aromatic nitrogens is 2. The summed E-state index contributed by atoms with van der Waals surface area (Å²) in [5.41, 5.74) is 1.21. The normalized spacial score (nSPS) is 27.2. The molecule has 2 aliphatic heterocycles. The van der Waals surface area contributed by atoms with Crippen LogP contribution in [-0.4, -0.2) is 65.0 Å². The van der Waals surface area contributed by atoms with Gasteiger partial charge in [-0.15, -0.1) is 0 Å². The molecule has 0 amide bonds. The maximum Gasteiger partial charge on any atom is 0.213 e. The molecule has 0 saturated carbocycles. The van der Waals surface area contributed by atoms with Crippen molar-refractivity contribution in [1.29, 1.82) is 0 Å². The largest absolute Gasteiger partial charge is 0.343 e. The van der Waals surface area contributed by atoms with Crippen LogP contribution < -0.4 is 0 Å². The van der Waals surface area contributed by atoms with E-state index in [0.29, 0.717) is 12.4 Å². The van der Waals surface area contributed by atoms with Crippen molar-refractivity contribution >= 4 is 9.84 Å². The van der Waals surface area contributed by atoms with Crippen molar-refractivity contribution in [3.05, 3.63) is 48.1 Å². The molecule has 2 aliphatic rings. The Morgan fingerprint density at radius 3 is 2.33 bits per heavy atom. The third-order valence-electron chi connectivity index (χ3n) is 4.89. The smallest absolute Gasteiger partial charge is 0.213 e. The first-order valence-corrected chi connectivity index (χ1v) is 9.90. The number of fused-ring (bicyclic) bond motifs is 1. The van der Waals surface area contributed by atoms with Crippen molar-refractivity contribution < 1.29 is 12.9 Å². The van der Waals surface area contributed by atoms with Gasteiger partial charge in [0.1, 0.15) is 0 Å². The summed E-state index contributed by atoms with van der Waals surface area (Å²) < 4.78 is 29.3. The first kappa shape index (κ1) is 15.7. The lowest BCUT2D eigenvalue weighted by atomic mass is 10.0. The van der Waals surface area contributed by atoms with E-state index in [1.165, 1.54) is 12.0 Å². The van der Waals surface area contributed by atoms with Crippen LogP contribution in [0.5, 0.6) is 0 Å². The maximum absolute atomic E-state index is 12.2. The summed E-state index contributed by atoms with van der Waals surface area (Å²) in [5.74, 6) is 1.04. The highest BCUT2D eigenvalue weighted by molar-refractivity contribution is 7.91. The van der Waals surface area contributed by atoms with Gasteiger partial charge in [0.25, 0.3) is 0 Å². The fourth-order valence-electron chi connectivity index (χ4n) is 3.75. The van der Waals surface area contributed by atoms with Gasteiger partial charge in [-0.1, -0.05) is 35.5 Å². The topological polar surface area (TPSA) is 79.5 Å². The SMILES string of the molecule is O=S1(=O)C[C@@H]2[C@H](C1)N(Cc1ncon1)CCN2Cc1ccccc1. The predicted octanol–water partition coefficient (Wildman–Crippen LogP) is 0.553. The van der Waals surface area contributed by atoms with Crippen molar-refractivity contribution in [2.24, 2.45) is 0 Å². The first-order chi connectivity index (χ1) is 11.6. The van der Waals surface area contributed by atoms with Crippen LogP contribution in [-0.2, 0) is 22.9 Å². The van der Waals surface area contributed by atoms with Gasteiger partial charge in [-0.2, -0.15) is 4.98 Å². The average Bonchev–Trinajstić information content (AvgIpc) is 3.17. The second-order valence-corrected chi connectivity index (χ2v) is 8.64. The molecule has 3 heterocycles. The van der Waals surface area contributed by atoms with Gasteiger partial charge in [0.15, 0.2) is 15.7 Å². The van der Waals surface area contributed by atoms with Crippen molar-refractivity contribution in [3.63, 3.8) is 0 Å². The van der Waals surface area contributed by atoms with Gasteiger partial charge in [-0.25, -0.2) is 8.42 Å². The summed E-state index contributed by atoms with van der Waals surface area (Å²) >= 11 is 0. The third-order valence-corrected chi connectivity index (χ3v) is 6.58. The molecule has 2 atom stereocenters. The average molecular weight is 348 g/mol. The fraction of sp³-hybridized carbons (Fsp3) is 0.500. The molecule has 7 nitrogen and oxygen atoms in total. The highest BCUT2D eigenvalue weighted by atomic mass is 32.2. The molecule has 24 heavy (non-hydrogen) atoms. The Labute approximate surface area is 141 Å². The molecule has 0 N–H and O–H groups in total. The summed E-state index contributed by atoms with van der Waals surface area (Å²) in [6.45, 7) is 2.96. The second kappa shape index (κ2) is 6.27. The van der Waals surface area contributed by atoms with Gasteiger partial charge in [-0.3, -0.25) is 9.80 Å². The van der Waals surface area contributed by atoms with Crippen molar-refractivity contribution in [1.82, 2.24) is 19.9 Å². The van der Waals surface area contributed by atoms with Crippen LogP contribution in [0.3, 0.4) is 0 Å². The summed E-state index contributed by atoms with van der Waals surface area (Å²) in [7, 11) is -3.01. The summed E-state index contributed by atoms with van der Waals surface area (Å²) in [4.78, 5) is 8.55. The Balaban J connectivity index is 1.53. The van der Waals surface area contributed by atoms with Crippen LogP contribution in [0.15, 0.2) is 41.2 Å². The van der Waals surface area contributed by atoms with E-state index in [9.17, 15) is 8.42 Å². The Hall–Kier alpha value is -1.77. The zero-order valence-corrected chi connectivity index (χ0v) is 14.1. The number of nitrogens with zero attached hydrogens (tertiary/aromatic N) is 4. The third kappa shape index (κ3) is 3.22. The molecule has 0 aliphatic carbocycles. The van der Waals surface area contributed by atoms with Crippen molar-refractivity contribution in [2.75, 3.05) is 24.6 Å². The van der Waals surface area contributed by atoms with Gasteiger partial charge in [0.2, 0.25) is 6.39 Å². The number of rotatable bonds is 4. The van der Waals surface area contributed by atoms with E-state index in [2.05, 4.69) is 32.1 Å². The molecule has 0 radical (unpaired) electrons. The highest BCUT2D eigenvalue weighted by Crippen LogP contribution is 2.28. The van der Waals surface area contributed by atoms with Gasteiger partial charge >= 0.3 is 0 Å². The van der Waals surface area contributed by atoms with Gasteiger partial charge < -0.3 is 4.52 Å². The van der Waals surface area contributed by atoms with Crippen LogP contribution in [0.4, 0.5) is 0 Å². The number of piperazine rings is 1. The van der Waals surface area contributed by atoms with Crippen LogP contribution in [0.25, 0.3) is 0 Å². The number of hydrogen-bond donors (Lipinski definition) is 0. The maximum atomic E-state index is 12.2.